The molecular formula is C22H15ClN2O4. The van der Waals surface area contributed by atoms with Gasteiger partial charge in [-0.1, -0.05) is 29.8 Å². The first kappa shape index (κ1) is 18.7. The lowest BCUT2D eigenvalue weighted by Crippen LogP contribution is -2.16. The van der Waals surface area contributed by atoms with Gasteiger partial charge in [0.2, 0.25) is 0 Å². The fourth-order valence-electron chi connectivity index (χ4n) is 2.80. The van der Waals surface area contributed by atoms with Crippen molar-refractivity contribution in [3.8, 4) is 11.3 Å². The first-order valence-corrected chi connectivity index (χ1v) is 9.11. The van der Waals surface area contributed by atoms with E-state index < -0.39 is 5.91 Å². The molecule has 2 heterocycles. The second-order valence-electron chi connectivity index (χ2n) is 6.33. The van der Waals surface area contributed by atoms with E-state index in [0.29, 0.717) is 27.7 Å². The SMILES string of the molecule is CC(=O)c1cccc(-c2ccc(/C=N/NC(=O)c3cc4cc(Cl)ccc4o3)o2)c1. The molecule has 0 radical (unpaired) electrons. The highest BCUT2D eigenvalue weighted by Gasteiger charge is 2.12. The summed E-state index contributed by atoms with van der Waals surface area (Å²) in [5, 5.41) is 5.19. The van der Waals surface area contributed by atoms with Gasteiger partial charge >= 0.3 is 5.91 Å². The van der Waals surface area contributed by atoms with Crippen LogP contribution in [0.2, 0.25) is 5.02 Å². The minimum atomic E-state index is -0.491. The van der Waals surface area contributed by atoms with E-state index in [-0.39, 0.29) is 11.5 Å². The number of carbonyl (C=O) groups is 2. The fraction of sp³-hybridized carbons (Fsp3) is 0.0455. The van der Waals surface area contributed by atoms with E-state index in [1.54, 1.807) is 54.6 Å². The summed E-state index contributed by atoms with van der Waals surface area (Å²) in [5.41, 5.74) is 4.34. The topological polar surface area (TPSA) is 84.8 Å². The summed E-state index contributed by atoms with van der Waals surface area (Å²) in [6, 6.07) is 17.3. The van der Waals surface area contributed by atoms with Gasteiger partial charge in [-0.05, 0) is 49.4 Å². The van der Waals surface area contributed by atoms with Gasteiger partial charge in [0.05, 0.1) is 6.21 Å². The lowest BCUT2D eigenvalue weighted by Gasteiger charge is -1.99. The largest absolute Gasteiger partial charge is 0.455 e. The summed E-state index contributed by atoms with van der Waals surface area (Å²) < 4.78 is 11.2. The molecule has 0 aliphatic heterocycles. The van der Waals surface area contributed by atoms with Crippen LogP contribution in [0.1, 0.15) is 33.6 Å². The maximum Gasteiger partial charge on any atom is 0.307 e. The first-order valence-electron chi connectivity index (χ1n) is 8.73. The molecule has 0 fully saturated rings. The Hall–Kier alpha value is -3.64. The van der Waals surface area contributed by atoms with Crippen LogP contribution in [0.4, 0.5) is 0 Å². The molecule has 4 rings (SSSR count). The Balaban J connectivity index is 1.45. The summed E-state index contributed by atoms with van der Waals surface area (Å²) in [5.74, 6) is 0.658. The van der Waals surface area contributed by atoms with Gasteiger partial charge in [-0.25, -0.2) is 5.43 Å². The number of rotatable bonds is 5. The number of nitrogens with one attached hydrogen (secondary N) is 1. The lowest BCUT2D eigenvalue weighted by molar-refractivity contribution is 0.0929. The van der Waals surface area contributed by atoms with Crippen LogP contribution < -0.4 is 5.43 Å². The molecule has 0 atom stereocenters. The van der Waals surface area contributed by atoms with Gasteiger partial charge in [0.1, 0.15) is 17.1 Å². The van der Waals surface area contributed by atoms with Crippen molar-refractivity contribution in [3.63, 3.8) is 0 Å². The molecule has 1 N–H and O–H groups in total. The van der Waals surface area contributed by atoms with Crippen LogP contribution in [0, 0.1) is 0 Å². The van der Waals surface area contributed by atoms with Crippen molar-refractivity contribution in [1.29, 1.82) is 0 Å². The van der Waals surface area contributed by atoms with Gasteiger partial charge in [-0.2, -0.15) is 5.10 Å². The van der Waals surface area contributed by atoms with E-state index in [9.17, 15) is 9.59 Å². The highest BCUT2D eigenvalue weighted by atomic mass is 35.5. The zero-order valence-corrected chi connectivity index (χ0v) is 16.1. The van der Waals surface area contributed by atoms with Crippen molar-refractivity contribution in [2.45, 2.75) is 6.92 Å². The van der Waals surface area contributed by atoms with Crippen LogP contribution in [-0.2, 0) is 0 Å². The highest BCUT2D eigenvalue weighted by molar-refractivity contribution is 6.31. The maximum atomic E-state index is 12.2. The third-order valence-corrected chi connectivity index (χ3v) is 4.48. The van der Waals surface area contributed by atoms with Crippen molar-refractivity contribution in [2.24, 2.45) is 5.10 Å². The smallest absolute Gasteiger partial charge is 0.307 e. The first-order chi connectivity index (χ1) is 14.0. The second-order valence-corrected chi connectivity index (χ2v) is 6.77. The molecule has 0 bridgehead atoms. The van der Waals surface area contributed by atoms with Gasteiger partial charge in [0.15, 0.2) is 11.5 Å². The number of furan rings is 2. The number of carbonyl (C=O) groups excluding carboxylic acids is 2. The zero-order valence-electron chi connectivity index (χ0n) is 15.3. The Labute approximate surface area is 170 Å². The molecule has 0 aliphatic carbocycles. The van der Waals surface area contributed by atoms with Crippen LogP contribution in [-0.4, -0.2) is 17.9 Å². The molecule has 0 aliphatic rings. The molecule has 2 aromatic carbocycles. The Kier molecular flexibility index (Phi) is 5.01. The van der Waals surface area contributed by atoms with Crippen molar-refractivity contribution in [1.82, 2.24) is 5.43 Å². The van der Waals surface area contributed by atoms with E-state index in [4.69, 9.17) is 20.4 Å². The second kappa shape index (κ2) is 7.77. The number of fused-ring (bicyclic) bond motifs is 1. The van der Waals surface area contributed by atoms with Crippen LogP contribution in [0.25, 0.3) is 22.3 Å². The zero-order chi connectivity index (χ0) is 20.4. The van der Waals surface area contributed by atoms with Crippen molar-refractivity contribution in [2.75, 3.05) is 0 Å². The molecule has 4 aromatic rings. The van der Waals surface area contributed by atoms with E-state index in [1.165, 1.54) is 13.1 Å². The van der Waals surface area contributed by atoms with Gasteiger partial charge in [0, 0.05) is 21.5 Å². The summed E-state index contributed by atoms with van der Waals surface area (Å²) in [6.07, 6.45) is 1.38. The number of nitrogens with zero attached hydrogens (tertiary/aromatic N) is 1. The summed E-state index contributed by atoms with van der Waals surface area (Å²) in [6.45, 7) is 1.51. The number of ketones is 1. The van der Waals surface area contributed by atoms with Gasteiger partial charge in [-0.15, -0.1) is 0 Å². The monoisotopic (exact) mass is 406 g/mol. The van der Waals surface area contributed by atoms with Crippen LogP contribution >= 0.6 is 11.6 Å². The maximum absolute atomic E-state index is 12.2. The Morgan fingerprint density at radius 3 is 2.72 bits per heavy atom. The number of amides is 1. The standard InChI is InChI=1S/C22H15ClN2O4/c1-13(26)14-3-2-4-15(9-14)19-8-6-18(28-19)12-24-25-22(27)21-11-16-10-17(23)5-7-20(16)29-21/h2-12H,1H3,(H,25,27)/b24-12+. The quantitative estimate of drug-likeness (QED) is 0.276. The molecule has 6 nitrogen and oxygen atoms in total. The number of Topliss-reactive ketones (excluding diaryl/α,β-unsaturated/α-hetero) is 1. The molecule has 0 saturated carbocycles. The third kappa shape index (κ3) is 4.12. The summed E-state index contributed by atoms with van der Waals surface area (Å²) in [7, 11) is 0. The highest BCUT2D eigenvalue weighted by Crippen LogP contribution is 2.24. The molecule has 7 heteroatoms. The summed E-state index contributed by atoms with van der Waals surface area (Å²) >= 11 is 5.94. The Bertz CT molecular complexity index is 1250. The van der Waals surface area contributed by atoms with Crippen LogP contribution in [0.15, 0.2) is 74.6 Å². The average molecular weight is 407 g/mol. The Morgan fingerprint density at radius 1 is 1.03 bits per heavy atom. The van der Waals surface area contributed by atoms with Crippen LogP contribution in [0.3, 0.4) is 0 Å². The van der Waals surface area contributed by atoms with E-state index in [0.717, 1.165) is 10.9 Å². The average Bonchev–Trinajstić information content (AvgIpc) is 3.34. The molecule has 29 heavy (non-hydrogen) atoms. The van der Waals surface area contributed by atoms with Crippen LogP contribution in [0.5, 0.6) is 0 Å². The summed E-state index contributed by atoms with van der Waals surface area (Å²) in [4.78, 5) is 23.7. The molecular weight excluding hydrogens is 392 g/mol. The Morgan fingerprint density at radius 2 is 1.90 bits per heavy atom. The minimum absolute atomic E-state index is 0.0178. The predicted molar refractivity (Wildman–Crippen MR) is 110 cm³/mol. The lowest BCUT2D eigenvalue weighted by atomic mass is 10.1. The van der Waals surface area contributed by atoms with Gasteiger partial charge in [-0.3, -0.25) is 9.59 Å². The molecule has 0 spiro atoms. The molecule has 2 aromatic heterocycles. The predicted octanol–water partition coefficient (Wildman–Crippen LogP) is 5.31. The van der Waals surface area contributed by atoms with E-state index in [1.807, 2.05) is 6.07 Å². The number of hydrazone groups is 1. The van der Waals surface area contributed by atoms with E-state index >= 15 is 0 Å². The van der Waals surface area contributed by atoms with Crippen molar-refractivity contribution >= 4 is 40.5 Å². The molecule has 0 unspecified atom stereocenters. The minimum Gasteiger partial charge on any atom is -0.455 e. The van der Waals surface area contributed by atoms with E-state index in [2.05, 4.69) is 10.5 Å². The van der Waals surface area contributed by atoms with Gasteiger partial charge < -0.3 is 8.83 Å². The molecule has 1 amide bonds. The molecule has 144 valence electrons. The number of hydrogen-bond acceptors (Lipinski definition) is 5. The van der Waals surface area contributed by atoms with Crippen molar-refractivity contribution in [3.05, 3.63) is 82.8 Å². The third-order valence-electron chi connectivity index (χ3n) is 4.24. The van der Waals surface area contributed by atoms with Crippen molar-refractivity contribution < 1.29 is 18.4 Å². The molecule has 0 saturated heterocycles. The number of halogens is 1. The number of hydrogen-bond donors (Lipinski definition) is 1. The fourth-order valence-corrected chi connectivity index (χ4v) is 2.99. The number of benzene rings is 2. The normalized spacial score (nSPS) is 11.2. The van der Waals surface area contributed by atoms with Gasteiger partial charge in [0.25, 0.3) is 0 Å².